The van der Waals surface area contributed by atoms with Crippen LogP contribution in [0.15, 0.2) is 24.3 Å². The number of hydrogen-bond donors (Lipinski definition) is 2. The topological polar surface area (TPSA) is 58.7 Å². The second-order valence-electron chi connectivity index (χ2n) is 5.21. The lowest BCUT2D eigenvalue weighted by molar-refractivity contribution is 0.123. The molecule has 1 fully saturated rings. The first-order valence-electron chi connectivity index (χ1n) is 7.02. The van der Waals surface area contributed by atoms with E-state index >= 15 is 0 Å². The van der Waals surface area contributed by atoms with Crippen molar-refractivity contribution in [2.45, 2.75) is 25.9 Å². The monoisotopic (exact) mass is 264 g/mol. The van der Waals surface area contributed by atoms with E-state index in [1.54, 1.807) is 0 Å². The van der Waals surface area contributed by atoms with Crippen molar-refractivity contribution in [3.8, 4) is 5.75 Å². The fraction of sp³-hybridized carbons (Fsp3) is 0.600. The summed E-state index contributed by atoms with van der Waals surface area (Å²) in [6, 6.07) is 8.16. The lowest BCUT2D eigenvalue weighted by Crippen LogP contribution is -2.37. The number of nitrogens with zero attached hydrogens (tertiary/aromatic N) is 1. The van der Waals surface area contributed by atoms with Gasteiger partial charge in [0.25, 0.3) is 0 Å². The van der Waals surface area contributed by atoms with E-state index in [1.165, 1.54) is 0 Å². The predicted molar refractivity (Wildman–Crippen MR) is 76.1 cm³/mol. The highest BCUT2D eigenvalue weighted by molar-refractivity contribution is 5.32. The van der Waals surface area contributed by atoms with Crippen molar-refractivity contribution in [1.29, 1.82) is 0 Å². The molecule has 0 bridgehead atoms. The molecule has 3 N–H and O–H groups in total. The normalized spacial score (nSPS) is 23.7. The number of hydrogen-bond acceptors (Lipinski definition) is 4. The number of nitrogens with two attached hydrogens (primary N) is 1. The SMILES string of the molecule is CC1CCN(CCOc2ccccc2CN)C1CO. The Balaban J connectivity index is 1.83. The molecule has 4 nitrogen and oxygen atoms in total. The molecule has 4 heteroatoms. The Morgan fingerprint density at radius 1 is 1.42 bits per heavy atom. The van der Waals surface area contributed by atoms with E-state index in [9.17, 15) is 5.11 Å². The molecule has 0 saturated carbocycles. The first-order chi connectivity index (χ1) is 9.26. The van der Waals surface area contributed by atoms with Crippen molar-refractivity contribution in [2.24, 2.45) is 11.7 Å². The summed E-state index contributed by atoms with van der Waals surface area (Å²) in [4.78, 5) is 2.32. The lowest BCUT2D eigenvalue weighted by atomic mass is 10.0. The van der Waals surface area contributed by atoms with Crippen LogP contribution in [0.3, 0.4) is 0 Å². The molecular weight excluding hydrogens is 240 g/mol. The molecule has 0 amide bonds. The van der Waals surface area contributed by atoms with Gasteiger partial charge in [-0.25, -0.2) is 0 Å². The van der Waals surface area contributed by atoms with Crippen LogP contribution in [-0.2, 0) is 6.54 Å². The molecule has 0 radical (unpaired) electrons. The zero-order chi connectivity index (χ0) is 13.7. The zero-order valence-corrected chi connectivity index (χ0v) is 11.6. The molecule has 1 heterocycles. The van der Waals surface area contributed by atoms with Gasteiger partial charge >= 0.3 is 0 Å². The van der Waals surface area contributed by atoms with E-state index in [4.69, 9.17) is 10.5 Å². The largest absolute Gasteiger partial charge is 0.492 e. The summed E-state index contributed by atoms with van der Waals surface area (Å²) in [6.07, 6.45) is 1.16. The highest BCUT2D eigenvalue weighted by Gasteiger charge is 2.29. The van der Waals surface area contributed by atoms with Gasteiger partial charge < -0.3 is 15.6 Å². The molecule has 1 aromatic carbocycles. The number of rotatable bonds is 6. The quantitative estimate of drug-likeness (QED) is 0.811. The lowest BCUT2D eigenvalue weighted by Gasteiger charge is -2.25. The molecule has 2 rings (SSSR count). The third-order valence-electron chi connectivity index (χ3n) is 4.01. The van der Waals surface area contributed by atoms with Crippen molar-refractivity contribution < 1.29 is 9.84 Å². The van der Waals surface area contributed by atoms with E-state index < -0.39 is 0 Å². The number of likely N-dealkylation sites (tertiary alicyclic amines) is 1. The van der Waals surface area contributed by atoms with Crippen molar-refractivity contribution in [1.82, 2.24) is 4.90 Å². The van der Waals surface area contributed by atoms with Crippen LogP contribution in [0, 0.1) is 5.92 Å². The minimum absolute atomic E-state index is 0.237. The Morgan fingerprint density at radius 2 is 2.21 bits per heavy atom. The summed E-state index contributed by atoms with van der Waals surface area (Å²) < 4.78 is 5.81. The van der Waals surface area contributed by atoms with Crippen LogP contribution in [0.2, 0.25) is 0 Å². The van der Waals surface area contributed by atoms with Crippen LogP contribution >= 0.6 is 0 Å². The second kappa shape index (κ2) is 6.89. The Kier molecular flexibility index (Phi) is 5.19. The summed E-state index contributed by atoms with van der Waals surface area (Å²) >= 11 is 0. The van der Waals surface area contributed by atoms with Crippen molar-refractivity contribution >= 4 is 0 Å². The molecule has 2 unspecified atom stereocenters. The number of ether oxygens (including phenoxy) is 1. The molecule has 1 saturated heterocycles. The van der Waals surface area contributed by atoms with Crippen LogP contribution < -0.4 is 10.5 Å². The Labute approximate surface area is 115 Å². The third kappa shape index (κ3) is 3.47. The molecule has 19 heavy (non-hydrogen) atoms. The molecule has 1 aliphatic rings. The maximum atomic E-state index is 9.41. The Bertz CT molecular complexity index is 397. The minimum Gasteiger partial charge on any atom is -0.492 e. The van der Waals surface area contributed by atoms with Gasteiger partial charge in [-0.05, 0) is 24.9 Å². The van der Waals surface area contributed by atoms with Crippen LogP contribution in [-0.4, -0.2) is 42.4 Å². The van der Waals surface area contributed by atoms with Gasteiger partial charge in [-0.3, -0.25) is 4.90 Å². The number of para-hydroxylation sites is 1. The molecule has 0 aliphatic carbocycles. The standard InChI is InChI=1S/C15H24N2O2/c1-12-6-7-17(14(12)11-18)8-9-19-15-5-3-2-4-13(15)10-16/h2-5,12,14,18H,6-11,16H2,1H3. The van der Waals surface area contributed by atoms with Gasteiger partial charge in [0, 0.05) is 24.7 Å². The summed E-state index contributed by atoms with van der Waals surface area (Å²) in [5, 5.41) is 9.41. The van der Waals surface area contributed by atoms with Crippen LogP contribution in [0.1, 0.15) is 18.9 Å². The summed E-state index contributed by atoms with van der Waals surface area (Å²) in [7, 11) is 0. The van der Waals surface area contributed by atoms with Gasteiger partial charge in [0.2, 0.25) is 0 Å². The number of aliphatic hydroxyl groups excluding tert-OH is 1. The molecule has 1 aromatic rings. The summed E-state index contributed by atoms with van der Waals surface area (Å²) in [6.45, 7) is 5.48. The first kappa shape index (κ1) is 14.3. The molecule has 1 aliphatic heterocycles. The van der Waals surface area contributed by atoms with Crippen molar-refractivity contribution in [3.05, 3.63) is 29.8 Å². The van der Waals surface area contributed by atoms with Gasteiger partial charge in [0.05, 0.1) is 6.61 Å². The van der Waals surface area contributed by atoms with Crippen LogP contribution in [0.4, 0.5) is 0 Å². The summed E-state index contributed by atoms with van der Waals surface area (Å²) in [5.41, 5.74) is 6.72. The van der Waals surface area contributed by atoms with Crippen LogP contribution in [0.5, 0.6) is 5.75 Å². The van der Waals surface area contributed by atoms with Gasteiger partial charge in [0.1, 0.15) is 12.4 Å². The minimum atomic E-state index is 0.237. The van der Waals surface area contributed by atoms with E-state index in [1.807, 2.05) is 24.3 Å². The average molecular weight is 264 g/mol. The predicted octanol–water partition coefficient (Wildman–Crippen LogP) is 1.23. The Morgan fingerprint density at radius 3 is 2.95 bits per heavy atom. The summed E-state index contributed by atoms with van der Waals surface area (Å²) in [5.74, 6) is 1.44. The maximum absolute atomic E-state index is 9.41. The fourth-order valence-electron chi connectivity index (χ4n) is 2.75. The fourth-order valence-corrected chi connectivity index (χ4v) is 2.75. The van der Waals surface area contributed by atoms with E-state index in [0.717, 1.165) is 30.8 Å². The van der Waals surface area contributed by atoms with E-state index in [0.29, 0.717) is 19.1 Å². The zero-order valence-electron chi connectivity index (χ0n) is 11.6. The van der Waals surface area contributed by atoms with Crippen LogP contribution in [0.25, 0.3) is 0 Å². The first-order valence-corrected chi connectivity index (χ1v) is 7.02. The molecule has 0 aromatic heterocycles. The van der Waals surface area contributed by atoms with Crippen molar-refractivity contribution in [3.63, 3.8) is 0 Å². The Hall–Kier alpha value is -1.10. The third-order valence-corrected chi connectivity index (χ3v) is 4.01. The molecule has 106 valence electrons. The van der Waals surface area contributed by atoms with E-state index in [2.05, 4.69) is 11.8 Å². The average Bonchev–Trinajstić information content (AvgIpc) is 2.79. The van der Waals surface area contributed by atoms with Crippen molar-refractivity contribution in [2.75, 3.05) is 26.3 Å². The highest BCUT2D eigenvalue weighted by atomic mass is 16.5. The van der Waals surface area contributed by atoms with Gasteiger partial charge in [-0.2, -0.15) is 0 Å². The van der Waals surface area contributed by atoms with Gasteiger partial charge in [0.15, 0.2) is 0 Å². The highest BCUT2D eigenvalue weighted by Crippen LogP contribution is 2.23. The molecule has 2 atom stereocenters. The van der Waals surface area contributed by atoms with Gasteiger partial charge in [-0.15, -0.1) is 0 Å². The smallest absolute Gasteiger partial charge is 0.123 e. The number of benzene rings is 1. The number of aliphatic hydroxyl groups is 1. The van der Waals surface area contributed by atoms with E-state index in [-0.39, 0.29) is 12.6 Å². The molecule has 0 spiro atoms. The van der Waals surface area contributed by atoms with Gasteiger partial charge in [-0.1, -0.05) is 25.1 Å². The maximum Gasteiger partial charge on any atom is 0.123 e. The molecular formula is C15H24N2O2. The second-order valence-corrected chi connectivity index (χ2v) is 5.21.